The average molecular weight is 148 g/mol. The summed E-state index contributed by atoms with van der Waals surface area (Å²) in [7, 11) is 0. The standard InChI is InChI=1S/C4H8N2O4/c5-1-2(7)3(6)4(8)10-9/h3,9H,1,5-6H2. The second-order valence-electron chi connectivity index (χ2n) is 1.56. The molecular formula is C4H8N2O4. The minimum absolute atomic E-state index is 0.351. The van der Waals surface area contributed by atoms with E-state index in [1.165, 1.54) is 0 Å². The molecule has 0 aliphatic rings. The van der Waals surface area contributed by atoms with Gasteiger partial charge in [-0.1, -0.05) is 0 Å². The third kappa shape index (κ3) is 2.09. The quantitative estimate of drug-likeness (QED) is 0.239. The number of Topliss-reactive ketones (excluding diaryl/α,β-unsaturated/α-hetero) is 1. The van der Waals surface area contributed by atoms with Crippen LogP contribution < -0.4 is 11.5 Å². The van der Waals surface area contributed by atoms with Crippen molar-refractivity contribution in [2.24, 2.45) is 11.5 Å². The summed E-state index contributed by atoms with van der Waals surface area (Å²) < 4.78 is 0. The molecule has 1 unspecified atom stereocenters. The van der Waals surface area contributed by atoms with Crippen LogP contribution in [0.1, 0.15) is 0 Å². The minimum Gasteiger partial charge on any atom is -0.324 e. The maximum absolute atomic E-state index is 10.5. The van der Waals surface area contributed by atoms with Crippen molar-refractivity contribution in [3.63, 3.8) is 0 Å². The third-order valence-electron chi connectivity index (χ3n) is 0.892. The summed E-state index contributed by atoms with van der Waals surface area (Å²) in [5.74, 6) is -1.88. The van der Waals surface area contributed by atoms with Crippen LogP contribution in [0.3, 0.4) is 0 Å². The molecule has 10 heavy (non-hydrogen) atoms. The Morgan fingerprint density at radius 1 is 1.60 bits per heavy atom. The van der Waals surface area contributed by atoms with Crippen LogP contribution >= 0.6 is 0 Å². The van der Waals surface area contributed by atoms with Crippen LogP contribution in [0.2, 0.25) is 0 Å². The monoisotopic (exact) mass is 148 g/mol. The molecule has 0 saturated carbocycles. The van der Waals surface area contributed by atoms with E-state index in [2.05, 4.69) is 4.89 Å². The molecule has 0 aromatic heterocycles. The van der Waals surface area contributed by atoms with Crippen LogP contribution in [-0.4, -0.2) is 29.6 Å². The van der Waals surface area contributed by atoms with Crippen molar-refractivity contribution in [3.8, 4) is 0 Å². The van der Waals surface area contributed by atoms with Crippen LogP contribution in [-0.2, 0) is 14.5 Å². The fraction of sp³-hybridized carbons (Fsp3) is 0.500. The van der Waals surface area contributed by atoms with Crippen LogP contribution in [0.5, 0.6) is 0 Å². The Balaban J connectivity index is 3.94. The summed E-state index contributed by atoms with van der Waals surface area (Å²) in [6.45, 7) is -0.351. The van der Waals surface area contributed by atoms with E-state index in [4.69, 9.17) is 16.7 Å². The molecule has 0 fully saturated rings. The molecule has 0 aliphatic heterocycles. The number of rotatable bonds is 3. The fourth-order valence-electron chi connectivity index (χ4n) is 0.315. The van der Waals surface area contributed by atoms with E-state index in [0.29, 0.717) is 0 Å². The molecular weight excluding hydrogens is 140 g/mol. The van der Waals surface area contributed by atoms with Crippen molar-refractivity contribution in [2.75, 3.05) is 6.54 Å². The van der Waals surface area contributed by atoms with E-state index in [-0.39, 0.29) is 6.54 Å². The van der Waals surface area contributed by atoms with Gasteiger partial charge in [-0.3, -0.25) is 9.68 Å². The molecule has 0 radical (unpaired) electrons. The highest BCUT2D eigenvalue weighted by Crippen LogP contribution is 1.83. The summed E-state index contributed by atoms with van der Waals surface area (Å²) >= 11 is 0. The molecule has 0 rings (SSSR count). The maximum Gasteiger partial charge on any atom is 0.366 e. The van der Waals surface area contributed by atoms with Crippen molar-refractivity contribution in [3.05, 3.63) is 0 Å². The van der Waals surface area contributed by atoms with Gasteiger partial charge in [0, 0.05) is 0 Å². The first kappa shape index (κ1) is 9.02. The van der Waals surface area contributed by atoms with Gasteiger partial charge in [0.2, 0.25) is 0 Å². The van der Waals surface area contributed by atoms with Crippen molar-refractivity contribution >= 4 is 11.8 Å². The summed E-state index contributed by atoms with van der Waals surface area (Å²) in [5.41, 5.74) is 9.76. The average Bonchev–Trinajstić information content (AvgIpc) is 2.00. The van der Waals surface area contributed by atoms with Crippen molar-refractivity contribution in [2.45, 2.75) is 6.04 Å². The minimum atomic E-state index is -1.48. The molecule has 1 atom stereocenters. The van der Waals surface area contributed by atoms with Gasteiger partial charge in [-0.05, 0) is 0 Å². The Bertz CT molecular complexity index is 130. The molecule has 0 amide bonds. The van der Waals surface area contributed by atoms with Crippen LogP contribution in [0, 0.1) is 0 Å². The zero-order valence-electron chi connectivity index (χ0n) is 5.11. The number of nitrogens with two attached hydrogens (primary N) is 2. The zero-order chi connectivity index (χ0) is 8.15. The summed E-state index contributed by atoms with van der Waals surface area (Å²) in [6.07, 6.45) is 0. The molecule has 0 aromatic carbocycles. The summed E-state index contributed by atoms with van der Waals surface area (Å²) in [4.78, 5) is 23.9. The SMILES string of the molecule is NCC(=O)C(N)C(=O)OO. The van der Waals surface area contributed by atoms with Gasteiger partial charge >= 0.3 is 5.97 Å². The van der Waals surface area contributed by atoms with Crippen LogP contribution in [0.4, 0.5) is 0 Å². The lowest BCUT2D eigenvalue weighted by molar-refractivity contribution is -0.235. The molecule has 0 aliphatic carbocycles. The van der Waals surface area contributed by atoms with Gasteiger partial charge in [-0.25, -0.2) is 4.79 Å². The normalized spacial score (nSPS) is 12.3. The van der Waals surface area contributed by atoms with Gasteiger partial charge in [-0.2, -0.15) is 5.26 Å². The van der Waals surface area contributed by atoms with Gasteiger partial charge in [-0.15, -0.1) is 0 Å². The van der Waals surface area contributed by atoms with E-state index >= 15 is 0 Å². The Morgan fingerprint density at radius 2 is 2.10 bits per heavy atom. The molecule has 0 aromatic rings. The van der Waals surface area contributed by atoms with E-state index in [9.17, 15) is 9.59 Å². The lowest BCUT2D eigenvalue weighted by atomic mass is 10.2. The molecule has 0 spiro atoms. The second-order valence-corrected chi connectivity index (χ2v) is 1.56. The number of hydrogen-bond acceptors (Lipinski definition) is 6. The first-order valence-electron chi connectivity index (χ1n) is 2.47. The largest absolute Gasteiger partial charge is 0.366 e. The van der Waals surface area contributed by atoms with Gasteiger partial charge in [0.25, 0.3) is 0 Å². The fourth-order valence-corrected chi connectivity index (χ4v) is 0.315. The Labute approximate surface area is 56.7 Å². The predicted molar refractivity (Wildman–Crippen MR) is 30.8 cm³/mol. The van der Waals surface area contributed by atoms with Gasteiger partial charge < -0.3 is 11.5 Å². The van der Waals surface area contributed by atoms with E-state index in [1.807, 2.05) is 0 Å². The molecule has 58 valence electrons. The van der Waals surface area contributed by atoms with Gasteiger partial charge in [0.1, 0.15) is 0 Å². The molecule has 6 nitrogen and oxygen atoms in total. The van der Waals surface area contributed by atoms with Crippen molar-refractivity contribution in [1.29, 1.82) is 0 Å². The topological polar surface area (TPSA) is 116 Å². The van der Waals surface area contributed by atoms with E-state index in [0.717, 1.165) is 0 Å². The highest BCUT2D eigenvalue weighted by molar-refractivity contribution is 6.03. The highest BCUT2D eigenvalue weighted by Gasteiger charge is 2.21. The first-order valence-corrected chi connectivity index (χ1v) is 2.47. The number of hydrogen-bond donors (Lipinski definition) is 3. The smallest absolute Gasteiger partial charge is 0.324 e. The van der Waals surface area contributed by atoms with E-state index in [1.54, 1.807) is 0 Å². The molecule has 0 heterocycles. The Morgan fingerprint density at radius 3 is 2.40 bits per heavy atom. The van der Waals surface area contributed by atoms with Gasteiger partial charge in [0.15, 0.2) is 11.8 Å². The first-order chi connectivity index (χ1) is 4.63. The van der Waals surface area contributed by atoms with Crippen molar-refractivity contribution < 1.29 is 19.7 Å². The molecule has 5 N–H and O–H groups in total. The lowest BCUT2D eigenvalue weighted by Gasteiger charge is -2.02. The van der Waals surface area contributed by atoms with E-state index < -0.39 is 17.8 Å². The maximum atomic E-state index is 10.5. The highest BCUT2D eigenvalue weighted by atomic mass is 17.1. The Hall–Kier alpha value is -0.980. The third-order valence-corrected chi connectivity index (χ3v) is 0.892. The van der Waals surface area contributed by atoms with Gasteiger partial charge in [0.05, 0.1) is 6.54 Å². The Kier molecular flexibility index (Phi) is 3.55. The number of ketones is 1. The predicted octanol–water partition coefficient (Wildman–Crippen LogP) is -2.14. The zero-order valence-corrected chi connectivity index (χ0v) is 5.11. The second kappa shape index (κ2) is 3.94. The summed E-state index contributed by atoms with van der Waals surface area (Å²) in [5, 5.41) is 7.73. The number of carbonyl (C=O) groups is 2. The summed E-state index contributed by atoms with van der Waals surface area (Å²) in [6, 6.07) is -1.48. The van der Waals surface area contributed by atoms with Crippen LogP contribution in [0.25, 0.3) is 0 Å². The molecule has 6 heteroatoms. The van der Waals surface area contributed by atoms with Crippen molar-refractivity contribution in [1.82, 2.24) is 0 Å². The van der Waals surface area contributed by atoms with Crippen LogP contribution in [0.15, 0.2) is 0 Å². The molecule has 0 saturated heterocycles. The lowest BCUT2D eigenvalue weighted by Crippen LogP contribution is -2.42. The number of carbonyl (C=O) groups excluding carboxylic acids is 2. The molecule has 0 bridgehead atoms.